The monoisotopic (exact) mass is 444 g/mol. The Balaban J connectivity index is 2.08. The van der Waals surface area contributed by atoms with Gasteiger partial charge in [-0.3, -0.25) is 14.5 Å². The lowest BCUT2D eigenvalue weighted by molar-refractivity contribution is -0.118. The number of nitrogens with zero attached hydrogens (tertiary/aromatic N) is 1. The summed E-state index contributed by atoms with van der Waals surface area (Å²) in [6.45, 7) is 5.48. The summed E-state index contributed by atoms with van der Waals surface area (Å²) in [5.41, 5.74) is 2.34. The molecule has 7 heteroatoms. The van der Waals surface area contributed by atoms with Crippen molar-refractivity contribution < 1.29 is 14.7 Å². The van der Waals surface area contributed by atoms with Crippen molar-refractivity contribution in [1.82, 2.24) is 0 Å². The SMILES string of the molecule is CC(=O)N1c2cccc(O)c2NC2=C(C(=O)CC(C)(C)C2)C1c1cccc(Cl)c1Cl. The Morgan fingerprint density at radius 1 is 1.17 bits per heavy atom. The fraction of sp³-hybridized carbons (Fsp3) is 0.304. The van der Waals surface area contributed by atoms with Crippen LogP contribution in [0.3, 0.4) is 0 Å². The van der Waals surface area contributed by atoms with Crippen LogP contribution in [0.15, 0.2) is 47.7 Å². The Labute approximate surface area is 185 Å². The van der Waals surface area contributed by atoms with Crippen molar-refractivity contribution in [2.45, 2.75) is 39.7 Å². The Morgan fingerprint density at radius 3 is 2.57 bits per heavy atom. The van der Waals surface area contributed by atoms with Gasteiger partial charge in [-0.1, -0.05) is 55.2 Å². The van der Waals surface area contributed by atoms with Gasteiger partial charge in [-0.15, -0.1) is 0 Å². The van der Waals surface area contributed by atoms with E-state index in [4.69, 9.17) is 23.2 Å². The van der Waals surface area contributed by atoms with Gasteiger partial charge in [0.2, 0.25) is 5.91 Å². The van der Waals surface area contributed by atoms with E-state index in [0.717, 1.165) is 0 Å². The summed E-state index contributed by atoms with van der Waals surface area (Å²) in [6, 6.07) is 9.39. The van der Waals surface area contributed by atoms with E-state index in [0.29, 0.717) is 51.1 Å². The van der Waals surface area contributed by atoms with Gasteiger partial charge in [0.15, 0.2) is 5.78 Å². The maximum Gasteiger partial charge on any atom is 0.224 e. The zero-order valence-corrected chi connectivity index (χ0v) is 18.4. The van der Waals surface area contributed by atoms with Gasteiger partial charge < -0.3 is 10.4 Å². The number of amides is 1. The summed E-state index contributed by atoms with van der Waals surface area (Å²) in [7, 11) is 0. The highest BCUT2D eigenvalue weighted by atomic mass is 35.5. The molecular weight excluding hydrogens is 423 g/mol. The highest BCUT2D eigenvalue weighted by molar-refractivity contribution is 6.42. The number of carbonyl (C=O) groups excluding carboxylic acids is 2. The normalized spacial score (nSPS) is 20.2. The predicted molar refractivity (Wildman–Crippen MR) is 119 cm³/mol. The number of anilines is 2. The Hall–Kier alpha value is -2.50. The van der Waals surface area contributed by atoms with E-state index in [2.05, 4.69) is 5.32 Å². The number of allylic oxidation sites excluding steroid dienone is 1. The molecule has 0 fully saturated rings. The zero-order valence-electron chi connectivity index (χ0n) is 16.9. The van der Waals surface area contributed by atoms with Crippen LogP contribution in [-0.4, -0.2) is 16.8 Å². The molecule has 2 aromatic carbocycles. The number of aromatic hydroxyl groups is 1. The minimum atomic E-state index is -0.761. The first kappa shape index (κ1) is 20.8. The van der Waals surface area contributed by atoms with Crippen molar-refractivity contribution in [1.29, 1.82) is 0 Å². The lowest BCUT2D eigenvalue weighted by atomic mass is 9.73. The van der Waals surface area contributed by atoms with Crippen molar-refractivity contribution in [3.8, 4) is 5.75 Å². The van der Waals surface area contributed by atoms with Crippen LogP contribution in [0.25, 0.3) is 0 Å². The number of fused-ring (bicyclic) bond motifs is 1. The highest BCUT2D eigenvalue weighted by Crippen LogP contribution is 2.51. The zero-order chi connectivity index (χ0) is 21.8. The first-order valence-corrected chi connectivity index (χ1v) is 10.5. The average molecular weight is 445 g/mol. The van der Waals surface area contributed by atoms with Crippen molar-refractivity contribution in [2.24, 2.45) is 5.41 Å². The van der Waals surface area contributed by atoms with Crippen LogP contribution >= 0.6 is 23.2 Å². The van der Waals surface area contributed by atoms with Gasteiger partial charge in [-0.05, 0) is 35.6 Å². The van der Waals surface area contributed by atoms with Gasteiger partial charge in [0.05, 0.1) is 21.8 Å². The number of phenols is 1. The molecule has 156 valence electrons. The van der Waals surface area contributed by atoms with Gasteiger partial charge in [0, 0.05) is 24.6 Å². The summed E-state index contributed by atoms with van der Waals surface area (Å²) < 4.78 is 0. The van der Waals surface area contributed by atoms with E-state index < -0.39 is 6.04 Å². The van der Waals surface area contributed by atoms with Crippen molar-refractivity contribution in [3.63, 3.8) is 0 Å². The first-order valence-electron chi connectivity index (χ1n) is 9.69. The summed E-state index contributed by atoms with van der Waals surface area (Å²) in [6.07, 6.45) is 0.929. The smallest absolute Gasteiger partial charge is 0.224 e. The number of phenolic OH excluding ortho intramolecular Hbond substituents is 1. The lowest BCUT2D eigenvalue weighted by Gasteiger charge is -2.37. The number of hydrogen-bond donors (Lipinski definition) is 2. The van der Waals surface area contributed by atoms with Gasteiger partial charge in [-0.2, -0.15) is 0 Å². The highest BCUT2D eigenvalue weighted by Gasteiger charge is 2.43. The number of hydrogen-bond acceptors (Lipinski definition) is 4. The molecule has 30 heavy (non-hydrogen) atoms. The molecule has 0 spiro atoms. The lowest BCUT2D eigenvalue weighted by Crippen LogP contribution is -2.38. The van der Waals surface area contributed by atoms with E-state index in [1.54, 1.807) is 36.4 Å². The Kier molecular flexibility index (Phi) is 5.07. The molecular formula is C23H22Cl2N2O3. The van der Waals surface area contributed by atoms with Crippen LogP contribution in [0.1, 0.15) is 45.2 Å². The summed E-state index contributed by atoms with van der Waals surface area (Å²) in [5.74, 6) is -0.344. The molecule has 1 aliphatic carbocycles. The van der Waals surface area contributed by atoms with E-state index in [9.17, 15) is 14.7 Å². The molecule has 0 bridgehead atoms. The largest absolute Gasteiger partial charge is 0.506 e. The van der Waals surface area contributed by atoms with Crippen LogP contribution in [0, 0.1) is 5.41 Å². The second kappa shape index (κ2) is 7.33. The third kappa shape index (κ3) is 3.36. The molecule has 0 saturated carbocycles. The predicted octanol–water partition coefficient (Wildman–Crippen LogP) is 5.86. The molecule has 1 unspecified atom stereocenters. The summed E-state index contributed by atoms with van der Waals surface area (Å²) in [4.78, 5) is 27.8. The molecule has 5 nitrogen and oxygen atoms in total. The number of nitrogens with one attached hydrogen (secondary N) is 1. The average Bonchev–Trinajstić information content (AvgIpc) is 2.78. The molecule has 2 N–H and O–H groups in total. The molecule has 0 aromatic heterocycles. The number of ketones is 1. The fourth-order valence-corrected chi connectivity index (χ4v) is 4.83. The second-order valence-electron chi connectivity index (χ2n) is 8.56. The summed E-state index contributed by atoms with van der Waals surface area (Å²) >= 11 is 12.9. The standard InChI is InChI=1S/C23H22Cl2N2O3/c1-12(28)27-16-8-5-9-17(29)21(16)26-15-10-23(2,3)11-18(30)19(15)22(27)13-6-4-7-14(24)20(13)25/h4-9,22,26,29H,10-11H2,1-3H3. The second-order valence-corrected chi connectivity index (χ2v) is 9.35. The number of benzene rings is 2. The van der Waals surface area contributed by atoms with Gasteiger partial charge in [-0.25, -0.2) is 0 Å². The molecule has 0 radical (unpaired) electrons. The van der Waals surface area contributed by atoms with Gasteiger partial charge >= 0.3 is 0 Å². The van der Waals surface area contributed by atoms with E-state index in [-0.39, 0.29) is 22.9 Å². The Morgan fingerprint density at radius 2 is 1.87 bits per heavy atom. The van der Waals surface area contributed by atoms with Crippen molar-refractivity contribution in [2.75, 3.05) is 10.2 Å². The number of halogens is 2. The van der Waals surface area contributed by atoms with Crippen LogP contribution in [0.5, 0.6) is 5.75 Å². The van der Waals surface area contributed by atoms with Crippen LogP contribution in [0.2, 0.25) is 10.0 Å². The van der Waals surface area contributed by atoms with Gasteiger partial charge in [0.1, 0.15) is 11.4 Å². The molecule has 2 aromatic rings. The van der Waals surface area contributed by atoms with Crippen LogP contribution < -0.4 is 10.2 Å². The van der Waals surface area contributed by atoms with Crippen LogP contribution in [0.4, 0.5) is 11.4 Å². The van der Waals surface area contributed by atoms with Crippen molar-refractivity contribution in [3.05, 3.63) is 63.3 Å². The molecule has 2 aliphatic rings. The van der Waals surface area contributed by atoms with Gasteiger partial charge in [0.25, 0.3) is 0 Å². The minimum absolute atomic E-state index is 0.000676. The third-order valence-electron chi connectivity index (χ3n) is 5.62. The maximum atomic E-state index is 13.4. The van der Waals surface area contributed by atoms with E-state index >= 15 is 0 Å². The maximum absolute atomic E-state index is 13.4. The Bertz CT molecular complexity index is 1110. The summed E-state index contributed by atoms with van der Waals surface area (Å²) in [5, 5.41) is 14.5. The minimum Gasteiger partial charge on any atom is -0.506 e. The van der Waals surface area contributed by atoms with Crippen molar-refractivity contribution >= 4 is 46.3 Å². The molecule has 1 aliphatic heterocycles. The molecule has 4 rings (SSSR count). The molecule has 1 amide bonds. The van der Waals surface area contributed by atoms with Crippen LogP contribution in [-0.2, 0) is 9.59 Å². The number of Topliss-reactive ketones (excluding diaryl/α,β-unsaturated/α-hetero) is 1. The molecule has 1 heterocycles. The fourth-order valence-electron chi connectivity index (χ4n) is 4.42. The quantitative estimate of drug-likeness (QED) is 0.540. The number of para-hydroxylation sites is 1. The number of carbonyl (C=O) groups is 2. The topological polar surface area (TPSA) is 69.6 Å². The third-order valence-corrected chi connectivity index (χ3v) is 6.46. The molecule has 0 saturated heterocycles. The first-order chi connectivity index (χ1) is 14.1. The molecule has 1 atom stereocenters. The number of rotatable bonds is 1. The van der Waals surface area contributed by atoms with E-state index in [1.165, 1.54) is 11.8 Å². The van der Waals surface area contributed by atoms with E-state index in [1.807, 2.05) is 13.8 Å².